The van der Waals surface area contributed by atoms with Crippen molar-refractivity contribution in [2.75, 3.05) is 19.9 Å². The molecule has 23 heavy (non-hydrogen) atoms. The molecule has 1 aliphatic heterocycles. The van der Waals surface area contributed by atoms with Crippen LogP contribution in [0.4, 0.5) is 0 Å². The van der Waals surface area contributed by atoms with Crippen LogP contribution in [0.15, 0.2) is 48.5 Å². The molecule has 1 N–H and O–H groups in total. The minimum Gasteiger partial charge on any atom is -0.481 e. The second-order valence-corrected chi connectivity index (χ2v) is 4.71. The van der Waals surface area contributed by atoms with E-state index in [4.69, 9.17) is 14.2 Å². The van der Waals surface area contributed by atoms with Crippen LogP contribution >= 0.6 is 0 Å². The highest BCUT2D eigenvalue weighted by molar-refractivity contribution is 5.94. The molecule has 116 valence electrons. The number of amides is 1. The number of rotatable bonds is 4. The van der Waals surface area contributed by atoms with Crippen LogP contribution < -0.4 is 19.5 Å². The molecule has 0 atom stereocenters. The highest BCUT2D eigenvalue weighted by atomic mass is 16.7. The first-order valence-corrected chi connectivity index (χ1v) is 7.14. The molecule has 0 aromatic heterocycles. The Balaban J connectivity index is 1.41. The first-order valence-electron chi connectivity index (χ1n) is 7.14. The molecule has 0 aliphatic carbocycles. The van der Waals surface area contributed by atoms with Crippen LogP contribution in [0.25, 0.3) is 0 Å². The average Bonchev–Trinajstić information content (AvgIpc) is 3.06. The van der Waals surface area contributed by atoms with Crippen molar-refractivity contribution in [3.8, 4) is 29.1 Å². The van der Waals surface area contributed by atoms with Crippen LogP contribution in [0, 0.1) is 11.8 Å². The summed E-state index contributed by atoms with van der Waals surface area (Å²) in [4.78, 5) is 11.8. The number of carbonyl (C=O) groups excluding carboxylic acids is 1. The number of fused-ring (bicyclic) bond motifs is 1. The zero-order valence-corrected chi connectivity index (χ0v) is 12.4. The maximum absolute atomic E-state index is 11.8. The second kappa shape index (κ2) is 7.23. The van der Waals surface area contributed by atoms with Crippen LogP contribution in [0.2, 0.25) is 0 Å². The molecule has 1 amide bonds. The smallest absolute Gasteiger partial charge is 0.252 e. The van der Waals surface area contributed by atoms with E-state index in [1.807, 2.05) is 18.2 Å². The lowest BCUT2D eigenvalue weighted by atomic mass is 10.2. The van der Waals surface area contributed by atoms with Crippen molar-refractivity contribution in [1.29, 1.82) is 0 Å². The number of nitrogens with one attached hydrogen (secondary N) is 1. The zero-order valence-electron chi connectivity index (χ0n) is 12.4. The third kappa shape index (κ3) is 3.95. The quantitative estimate of drug-likeness (QED) is 0.880. The molecule has 1 heterocycles. The molecule has 2 aromatic carbocycles. The van der Waals surface area contributed by atoms with Gasteiger partial charge in [0.05, 0.1) is 6.54 Å². The molecule has 0 radical (unpaired) electrons. The summed E-state index contributed by atoms with van der Waals surface area (Å²) >= 11 is 0. The summed E-state index contributed by atoms with van der Waals surface area (Å²) in [6, 6.07) is 14.4. The molecular weight excluding hydrogens is 294 g/mol. The second-order valence-electron chi connectivity index (χ2n) is 4.71. The number of hydrogen-bond donors (Lipinski definition) is 1. The monoisotopic (exact) mass is 309 g/mol. The van der Waals surface area contributed by atoms with Crippen LogP contribution in [-0.2, 0) is 0 Å². The maximum Gasteiger partial charge on any atom is 0.252 e. The van der Waals surface area contributed by atoms with Crippen molar-refractivity contribution in [2.45, 2.75) is 0 Å². The van der Waals surface area contributed by atoms with Gasteiger partial charge in [-0.25, -0.2) is 0 Å². The van der Waals surface area contributed by atoms with E-state index in [2.05, 4.69) is 17.2 Å². The van der Waals surface area contributed by atoms with Gasteiger partial charge in [0.1, 0.15) is 12.4 Å². The van der Waals surface area contributed by atoms with Gasteiger partial charge in [-0.15, -0.1) is 0 Å². The van der Waals surface area contributed by atoms with Crippen molar-refractivity contribution in [3.05, 3.63) is 54.1 Å². The van der Waals surface area contributed by atoms with Gasteiger partial charge in [-0.2, -0.15) is 0 Å². The number of ether oxygens (including phenoxy) is 3. The molecule has 1 aliphatic rings. The number of hydrogen-bond acceptors (Lipinski definition) is 4. The highest BCUT2D eigenvalue weighted by Gasteiger charge is 2.13. The predicted octanol–water partition coefficient (Wildman–Crippen LogP) is 2.23. The summed E-state index contributed by atoms with van der Waals surface area (Å²) in [5.41, 5.74) is 0.617. The Morgan fingerprint density at radius 1 is 1.09 bits per heavy atom. The van der Waals surface area contributed by atoms with E-state index in [1.54, 1.807) is 30.3 Å². The Bertz CT molecular complexity index is 747. The van der Waals surface area contributed by atoms with E-state index in [9.17, 15) is 4.79 Å². The fraction of sp³-hybridized carbons (Fsp3) is 0.167. The third-order valence-corrected chi connectivity index (χ3v) is 3.15. The first kappa shape index (κ1) is 14.8. The van der Waals surface area contributed by atoms with Crippen LogP contribution in [-0.4, -0.2) is 25.9 Å². The van der Waals surface area contributed by atoms with Crippen molar-refractivity contribution in [3.63, 3.8) is 0 Å². The van der Waals surface area contributed by atoms with E-state index in [0.29, 0.717) is 22.8 Å². The van der Waals surface area contributed by atoms with Crippen molar-refractivity contribution >= 4 is 5.91 Å². The van der Waals surface area contributed by atoms with Gasteiger partial charge in [0.15, 0.2) is 11.5 Å². The number of benzene rings is 2. The van der Waals surface area contributed by atoms with Crippen LogP contribution in [0.1, 0.15) is 10.4 Å². The Morgan fingerprint density at radius 2 is 1.91 bits per heavy atom. The van der Waals surface area contributed by atoms with Gasteiger partial charge in [-0.05, 0) is 24.3 Å². The molecule has 2 aromatic rings. The summed E-state index contributed by atoms with van der Waals surface area (Å²) in [6.07, 6.45) is 0. The van der Waals surface area contributed by atoms with Crippen molar-refractivity contribution < 1.29 is 19.0 Å². The third-order valence-electron chi connectivity index (χ3n) is 3.15. The molecular formula is C18H15NO4. The lowest BCUT2D eigenvalue weighted by molar-refractivity contribution is 0.0958. The molecule has 5 nitrogen and oxygen atoms in total. The molecule has 3 rings (SSSR count). The number of carbonyl (C=O) groups is 1. The lowest BCUT2D eigenvalue weighted by Crippen LogP contribution is -2.23. The predicted molar refractivity (Wildman–Crippen MR) is 84.6 cm³/mol. The van der Waals surface area contributed by atoms with Gasteiger partial charge in [0.2, 0.25) is 6.79 Å². The van der Waals surface area contributed by atoms with Crippen molar-refractivity contribution in [2.24, 2.45) is 0 Å². The molecule has 0 bridgehead atoms. The van der Waals surface area contributed by atoms with E-state index >= 15 is 0 Å². The normalized spacial score (nSPS) is 11.3. The molecule has 0 unspecified atom stereocenters. The fourth-order valence-electron chi connectivity index (χ4n) is 2.02. The summed E-state index contributed by atoms with van der Waals surface area (Å²) in [6.45, 7) is 0.749. The Morgan fingerprint density at radius 3 is 2.78 bits per heavy atom. The lowest BCUT2D eigenvalue weighted by Gasteiger charge is -2.03. The van der Waals surface area contributed by atoms with E-state index in [1.165, 1.54) is 0 Å². The first-order chi connectivity index (χ1) is 11.3. The summed E-state index contributed by atoms with van der Waals surface area (Å²) in [5, 5.41) is 2.73. The van der Waals surface area contributed by atoms with E-state index in [-0.39, 0.29) is 25.9 Å². The SMILES string of the molecule is O=C(NCC#CCOc1ccc2c(c1)OCO2)c1ccccc1. The van der Waals surface area contributed by atoms with Gasteiger partial charge in [0, 0.05) is 11.6 Å². The maximum atomic E-state index is 11.8. The molecule has 0 saturated heterocycles. The summed E-state index contributed by atoms with van der Waals surface area (Å²) in [5.74, 6) is 7.60. The molecule has 0 saturated carbocycles. The minimum absolute atomic E-state index is 0.142. The van der Waals surface area contributed by atoms with Crippen LogP contribution in [0.5, 0.6) is 17.2 Å². The minimum atomic E-state index is -0.142. The topological polar surface area (TPSA) is 56.8 Å². The Kier molecular flexibility index (Phi) is 4.65. The van der Waals surface area contributed by atoms with Gasteiger partial charge in [-0.3, -0.25) is 4.79 Å². The highest BCUT2D eigenvalue weighted by Crippen LogP contribution is 2.34. The van der Waals surface area contributed by atoms with Gasteiger partial charge in [-0.1, -0.05) is 30.0 Å². The summed E-state index contributed by atoms with van der Waals surface area (Å²) < 4.78 is 16.0. The molecule has 5 heteroatoms. The summed E-state index contributed by atoms with van der Waals surface area (Å²) in [7, 11) is 0. The fourth-order valence-corrected chi connectivity index (χ4v) is 2.02. The average molecular weight is 309 g/mol. The standard InChI is InChI=1S/C18H15NO4/c20-18(14-6-2-1-3-7-14)19-10-4-5-11-21-15-8-9-16-17(12-15)23-13-22-16/h1-3,6-9,12H,10-11,13H2,(H,19,20). The molecule has 0 spiro atoms. The Hall–Kier alpha value is -3.13. The van der Waals surface area contributed by atoms with E-state index in [0.717, 1.165) is 0 Å². The van der Waals surface area contributed by atoms with Gasteiger partial charge >= 0.3 is 0 Å². The van der Waals surface area contributed by atoms with Gasteiger partial charge < -0.3 is 19.5 Å². The largest absolute Gasteiger partial charge is 0.481 e. The van der Waals surface area contributed by atoms with Crippen LogP contribution in [0.3, 0.4) is 0 Å². The zero-order chi connectivity index (χ0) is 15.9. The van der Waals surface area contributed by atoms with Crippen molar-refractivity contribution in [1.82, 2.24) is 5.32 Å². The molecule has 0 fully saturated rings. The Labute approximate surface area is 134 Å². The van der Waals surface area contributed by atoms with Gasteiger partial charge in [0.25, 0.3) is 5.91 Å². The van der Waals surface area contributed by atoms with E-state index < -0.39 is 0 Å².